The number of rotatable bonds is 4. The molecule has 0 unspecified atom stereocenters. The zero-order valence-electron chi connectivity index (χ0n) is 18.1. The fraction of sp³-hybridized carbons (Fsp3) is 0.480. The van der Waals surface area contributed by atoms with E-state index in [9.17, 15) is 9.59 Å². The largest absolute Gasteiger partial charge is 0.274 e. The molecule has 1 aromatic heterocycles. The molecule has 156 valence electrons. The molecule has 0 radical (unpaired) electrons. The van der Waals surface area contributed by atoms with Gasteiger partial charge in [0.15, 0.2) is 5.13 Å². The summed E-state index contributed by atoms with van der Waals surface area (Å²) in [6, 6.07) is 8.49. The smallest absolute Gasteiger partial charge is 0.240 e. The van der Waals surface area contributed by atoms with Crippen molar-refractivity contribution in [3.8, 4) is 11.3 Å². The van der Waals surface area contributed by atoms with Crippen molar-refractivity contribution < 1.29 is 9.59 Å². The minimum atomic E-state index is -0.179. The van der Waals surface area contributed by atoms with Crippen molar-refractivity contribution in [2.24, 2.45) is 23.7 Å². The van der Waals surface area contributed by atoms with E-state index in [1.165, 1.54) is 32.9 Å². The molecule has 5 rings (SSSR count). The molecule has 2 bridgehead atoms. The number of hydrogen-bond donors (Lipinski definition) is 0. The van der Waals surface area contributed by atoms with Gasteiger partial charge in [0.25, 0.3) is 0 Å². The summed E-state index contributed by atoms with van der Waals surface area (Å²) in [6.45, 7) is 8.44. The number of amides is 2. The Labute approximate surface area is 182 Å². The van der Waals surface area contributed by atoms with Crippen LogP contribution in [0.4, 0.5) is 5.13 Å². The number of anilines is 1. The molecule has 1 saturated heterocycles. The van der Waals surface area contributed by atoms with E-state index in [0.29, 0.717) is 5.13 Å². The lowest BCUT2D eigenvalue weighted by Gasteiger charge is -2.18. The second kappa shape index (κ2) is 7.16. The summed E-state index contributed by atoms with van der Waals surface area (Å²) in [5.74, 6) is 0.0736. The first-order valence-electron chi connectivity index (χ1n) is 11.0. The van der Waals surface area contributed by atoms with Crippen LogP contribution in [0.2, 0.25) is 0 Å². The molecular weight excluding hydrogens is 392 g/mol. The van der Waals surface area contributed by atoms with Crippen LogP contribution in [0, 0.1) is 30.6 Å². The predicted molar refractivity (Wildman–Crippen MR) is 120 cm³/mol. The van der Waals surface area contributed by atoms with Gasteiger partial charge in [0.1, 0.15) is 0 Å². The lowest BCUT2D eigenvalue weighted by molar-refractivity contribution is -0.123. The molecule has 4 atom stereocenters. The summed E-state index contributed by atoms with van der Waals surface area (Å²) < 4.78 is 0. The lowest BCUT2D eigenvalue weighted by Crippen LogP contribution is -2.33. The normalized spacial score (nSPS) is 27.3. The molecule has 0 spiro atoms. The molecule has 3 fully saturated rings. The first-order valence-corrected chi connectivity index (χ1v) is 11.9. The fourth-order valence-corrected chi connectivity index (χ4v) is 6.99. The average Bonchev–Trinajstić information content (AvgIpc) is 3.44. The van der Waals surface area contributed by atoms with Gasteiger partial charge in [-0.3, -0.25) is 9.59 Å². The zero-order valence-corrected chi connectivity index (χ0v) is 18.9. The minimum absolute atomic E-state index is 0.0328. The van der Waals surface area contributed by atoms with Crippen molar-refractivity contribution in [1.29, 1.82) is 0 Å². The van der Waals surface area contributed by atoms with E-state index >= 15 is 0 Å². The van der Waals surface area contributed by atoms with Crippen LogP contribution in [-0.4, -0.2) is 16.8 Å². The highest BCUT2D eigenvalue weighted by atomic mass is 32.1. The van der Waals surface area contributed by atoms with Crippen LogP contribution < -0.4 is 4.90 Å². The second-order valence-electron chi connectivity index (χ2n) is 9.16. The Kier molecular flexibility index (Phi) is 4.69. The van der Waals surface area contributed by atoms with Crippen molar-refractivity contribution in [2.45, 2.75) is 53.4 Å². The van der Waals surface area contributed by atoms with Gasteiger partial charge in [-0.25, -0.2) is 9.88 Å². The standard InChI is InChI=1S/C25H28N2O2S/c1-5-6-15-7-9-16(10-8-15)22-14(4)30-25(26-22)27-23(28)20-17-11-12-18(19(17)13(2)3)21(20)24(27)29/h7-10,17-18,20-21H,5-6,11-12H2,1-4H3/t17-,18-,20-,21+/m0/s1. The number of thiazole rings is 1. The molecular formula is C25H28N2O2S. The number of aromatic nitrogens is 1. The molecule has 4 nitrogen and oxygen atoms in total. The minimum Gasteiger partial charge on any atom is -0.274 e. The Hall–Kier alpha value is -2.27. The number of fused-ring (bicyclic) bond motifs is 5. The first kappa shape index (κ1) is 19.7. The van der Waals surface area contributed by atoms with E-state index in [-0.39, 0.29) is 35.5 Å². The summed E-state index contributed by atoms with van der Waals surface area (Å²) >= 11 is 1.46. The molecule has 2 saturated carbocycles. The predicted octanol–water partition coefficient (Wildman–Crippen LogP) is 5.55. The summed E-state index contributed by atoms with van der Waals surface area (Å²) in [4.78, 5) is 34.0. The molecule has 1 aliphatic heterocycles. The third-order valence-electron chi connectivity index (χ3n) is 7.17. The number of nitrogens with zero attached hydrogens (tertiary/aromatic N) is 2. The van der Waals surface area contributed by atoms with Gasteiger partial charge in [-0.15, -0.1) is 11.3 Å². The van der Waals surface area contributed by atoms with E-state index in [1.54, 1.807) is 0 Å². The van der Waals surface area contributed by atoms with Crippen molar-refractivity contribution in [3.05, 3.63) is 45.9 Å². The maximum atomic E-state index is 13.4. The van der Waals surface area contributed by atoms with E-state index < -0.39 is 0 Å². The Balaban J connectivity index is 1.47. The number of carbonyl (C=O) groups excluding carboxylic acids is 2. The third-order valence-corrected chi connectivity index (χ3v) is 8.13. The van der Waals surface area contributed by atoms with Crippen LogP contribution in [0.1, 0.15) is 50.5 Å². The van der Waals surface area contributed by atoms with Crippen LogP contribution in [-0.2, 0) is 16.0 Å². The molecule has 2 aromatic rings. The van der Waals surface area contributed by atoms with Gasteiger partial charge in [-0.2, -0.15) is 0 Å². The summed E-state index contributed by atoms with van der Waals surface area (Å²) in [6.07, 6.45) is 4.26. The molecule has 3 aliphatic rings. The molecule has 2 heterocycles. The van der Waals surface area contributed by atoms with E-state index in [2.05, 4.69) is 45.0 Å². The summed E-state index contributed by atoms with van der Waals surface area (Å²) in [7, 11) is 0. The van der Waals surface area contributed by atoms with Gasteiger partial charge in [0.05, 0.1) is 17.5 Å². The van der Waals surface area contributed by atoms with Gasteiger partial charge in [-0.05, 0) is 57.4 Å². The second-order valence-corrected chi connectivity index (χ2v) is 10.3. The van der Waals surface area contributed by atoms with Crippen LogP contribution in [0.5, 0.6) is 0 Å². The Morgan fingerprint density at radius 1 is 1.07 bits per heavy atom. The number of benzene rings is 1. The molecule has 0 N–H and O–H groups in total. The lowest BCUT2D eigenvalue weighted by atomic mass is 9.81. The number of allylic oxidation sites excluding steroid dienone is 2. The van der Waals surface area contributed by atoms with E-state index in [1.807, 2.05) is 6.92 Å². The SMILES string of the molecule is CCCc1ccc(-c2nc(N3C(=O)[C@@H]4[C@H](C3=O)[C@H]3CC[C@H]4C3=C(C)C)sc2C)cc1. The highest BCUT2D eigenvalue weighted by Gasteiger charge is 2.64. The van der Waals surface area contributed by atoms with E-state index in [0.717, 1.165) is 41.8 Å². The highest BCUT2D eigenvalue weighted by molar-refractivity contribution is 7.16. The maximum absolute atomic E-state index is 13.4. The number of carbonyl (C=O) groups is 2. The van der Waals surface area contributed by atoms with Gasteiger partial charge < -0.3 is 0 Å². The third kappa shape index (κ3) is 2.74. The van der Waals surface area contributed by atoms with Crippen molar-refractivity contribution in [2.75, 3.05) is 4.90 Å². The summed E-state index contributed by atoms with van der Waals surface area (Å²) in [5.41, 5.74) is 5.92. The Bertz CT molecular complexity index is 1030. The van der Waals surface area contributed by atoms with Crippen molar-refractivity contribution >= 4 is 28.3 Å². The van der Waals surface area contributed by atoms with Crippen LogP contribution in [0.3, 0.4) is 0 Å². The topological polar surface area (TPSA) is 50.3 Å². The highest BCUT2D eigenvalue weighted by Crippen LogP contribution is 2.60. The zero-order chi connectivity index (χ0) is 21.2. The van der Waals surface area contributed by atoms with Crippen LogP contribution in [0.25, 0.3) is 11.3 Å². The average molecular weight is 421 g/mol. The monoisotopic (exact) mass is 420 g/mol. The van der Waals surface area contributed by atoms with E-state index in [4.69, 9.17) is 4.98 Å². The molecule has 2 aliphatic carbocycles. The Morgan fingerprint density at radius 2 is 1.67 bits per heavy atom. The van der Waals surface area contributed by atoms with Crippen LogP contribution in [0.15, 0.2) is 35.4 Å². The number of imide groups is 1. The van der Waals surface area contributed by atoms with Gasteiger partial charge >= 0.3 is 0 Å². The fourth-order valence-electron chi connectivity index (χ4n) is 6.04. The quantitative estimate of drug-likeness (QED) is 0.481. The summed E-state index contributed by atoms with van der Waals surface area (Å²) in [5, 5.41) is 0.544. The van der Waals surface area contributed by atoms with Gasteiger partial charge in [0, 0.05) is 10.4 Å². The first-order chi connectivity index (χ1) is 14.4. The molecule has 5 heteroatoms. The van der Waals surface area contributed by atoms with Crippen molar-refractivity contribution in [1.82, 2.24) is 4.98 Å². The number of hydrogen-bond acceptors (Lipinski definition) is 4. The van der Waals surface area contributed by atoms with Gasteiger partial charge in [0.2, 0.25) is 11.8 Å². The Morgan fingerprint density at radius 3 is 2.20 bits per heavy atom. The van der Waals surface area contributed by atoms with Crippen molar-refractivity contribution in [3.63, 3.8) is 0 Å². The molecule has 1 aromatic carbocycles. The number of aryl methyl sites for hydroxylation is 2. The molecule has 30 heavy (non-hydrogen) atoms. The van der Waals surface area contributed by atoms with Crippen LogP contribution >= 0.6 is 11.3 Å². The van der Waals surface area contributed by atoms with Gasteiger partial charge in [-0.1, -0.05) is 48.8 Å². The maximum Gasteiger partial charge on any atom is 0.240 e. The molecule has 2 amide bonds.